The van der Waals surface area contributed by atoms with E-state index in [0.717, 1.165) is 6.54 Å². The summed E-state index contributed by atoms with van der Waals surface area (Å²) in [6.45, 7) is 1.36. The standard InChI is InChI=1S/C17H19N3O3S/c1-20(9-11-5-4-6-24-11)10-16-18-13-8-15(23-3)14(22-2)7-12(13)17(21)19-16/h4-8H,9-10H2,1-3H3,(H,18,19,21). The van der Waals surface area contributed by atoms with Gasteiger partial charge in [-0.05, 0) is 24.6 Å². The molecule has 0 atom stereocenters. The molecule has 24 heavy (non-hydrogen) atoms. The molecule has 0 aliphatic heterocycles. The number of fused-ring (bicyclic) bond motifs is 1. The summed E-state index contributed by atoms with van der Waals surface area (Å²) >= 11 is 1.71. The quantitative estimate of drug-likeness (QED) is 0.744. The largest absolute Gasteiger partial charge is 0.493 e. The van der Waals surface area contributed by atoms with E-state index >= 15 is 0 Å². The minimum Gasteiger partial charge on any atom is -0.493 e. The van der Waals surface area contributed by atoms with Gasteiger partial charge in [-0.3, -0.25) is 9.69 Å². The Morgan fingerprint density at radius 3 is 2.62 bits per heavy atom. The first-order valence-electron chi connectivity index (χ1n) is 7.46. The number of hydrogen-bond donors (Lipinski definition) is 1. The van der Waals surface area contributed by atoms with Crippen molar-refractivity contribution >= 4 is 22.2 Å². The maximum absolute atomic E-state index is 12.4. The molecule has 6 nitrogen and oxygen atoms in total. The van der Waals surface area contributed by atoms with Crippen LogP contribution in [0.1, 0.15) is 10.7 Å². The third-order valence-corrected chi connectivity index (χ3v) is 4.55. The van der Waals surface area contributed by atoms with E-state index in [9.17, 15) is 4.79 Å². The van der Waals surface area contributed by atoms with E-state index in [1.165, 1.54) is 4.88 Å². The lowest BCUT2D eigenvalue weighted by atomic mass is 10.2. The molecule has 3 rings (SSSR count). The van der Waals surface area contributed by atoms with Crippen molar-refractivity contribution in [1.82, 2.24) is 14.9 Å². The smallest absolute Gasteiger partial charge is 0.258 e. The Bertz CT molecular complexity index is 890. The van der Waals surface area contributed by atoms with Crippen LogP contribution in [0.15, 0.2) is 34.4 Å². The second-order valence-corrected chi connectivity index (χ2v) is 6.52. The molecular weight excluding hydrogens is 326 g/mol. The van der Waals surface area contributed by atoms with Crippen LogP contribution in [0, 0.1) is 0 Å². The first-order chi connectivity index (χ1) is 11.6. The number of rotatable bonds is 6. The van der Waals surface area contributed by atoms with E-state index in [1.54, 1.807) is 37.7 Å². The average Bonchev–Trinajstić information content (AvgIpc) is 3.06. The summed E-state index contributed by atoms with van der Waals surface area (Å²) in [5.41, 5.74) is 0.413. The molecule has 0 aliphatic carbocycles. The Kier molecular flexibility index (Phi) is 4.82. The third-order valence-electron chi connectivity index (χ3n) is 3.69. The molecular formula is C17H19N3O3S. The minimum absolute atomic E-state index is 0.180. The van der Waals surface area contributed by atoms with Gasteiger partial charge < -0.3 is 14.5 Å². The van der Waals surface area contributed by atoms with Crippen molar-refractivity contribution in [2.75, 3.05) is 21.3 Å². The molecule has 0 spiro atoms. The summed E-state index contributed by atoms with van der Waals surface area (Å²) in [4.78, 5) is 23.1. The Labute approximate surface area is 143 Å². The molecule has 0 bridgehead atoms. The van der Waals surface area contributed by atoms with Crippen molar-refractivity contribution in [3.8, 4) is 11.5 Å². The summed E-state index contributed by atoms with van der Waals surface area (Å²) in [5, 5.41) is 2.54. The van der Waals surface area contributed by atoms with Gasteiger partial charge in [0.2, 0.25) is 0 Å². The van der Waals surface area contributed by atoms with Gasteiger partial charge in [-0.1, -0.05) is 6.07 Å². The first kappa shape index (κ1) is 16.5. The number of thiophene rings is 1. The van der Waals surface area contributed by atoms with Gasteiger partial charge in [0.25, 0.3) is 5.56 Å². The van der Waals surface area contributed by atoms with Crippen LogP contribution in [-0.4, -0.2) is 36.1 Å². The van der Waals surface area contributed by atoms with Gasteiger partial charge in [-0.15, -0.1) is 11.3 Å². The van der Waals surface area contributed by atoms with Gasteiger partial charge >= 0.3 is 0 Å². The van der Waals surface area contributed by atoms with Gasteiger partial charge in [0, 0.05) is 17.5 Å². The van der Waals surface area contributed by atoms with Crippen LogP contribution in [0.4, 0.5) is 0 Å². The van der Waals surface area contributed by atoms with Crippen LogP contribution in [0.2, 0.25) is 0 Å². The van der Waals surface area contributed by atoms with E-state index in [4.69, 9.17) is 9.47 Å². The molecule has 0 saturated carbocycles. The molecule has 0 unspecified atom stereocenters. The number of H-pyrrole nitrogens is 1. The molecule has 3 aromatic rings. The highest BCUT2D eigenvalue weighted by Crippen LogP contribution is 2.29. The van der Waals surface area contributed by atoms with Gasteiger partial charge in [0.15, 0.2) is 11.5 Å². The Morgan fingerprint density at radius 2 is 1.96 bits per heavy atom. The monoisotopic (exact) mass is 345 g/mol. The second kappa shape index (κ2) is 7.02. The van der Waals surface area contributed by atoms with Crippen LogP contribution in [-0.2, 0) is 13.1 Å². The fourth-order valence-electron chi connectivity index (χ4n) is 2.57. The van der Waals surface area contributed by atoms with E-state index in [-0.39, 0.29) is 5.56 Å². The highest BCUT2D eigenvalue weighted by Gasteiger charge is 2.12. The fourth-order valence-corrected chi connectivity index (χ4v) is 3.35. The lowest BCUT2D eigenvalue weighted by Crippen LogP contribution is -2.21. The Morgan fingerprint density at radius 1 is 1.21 bits per heavy atom. The number of benzene rings is 1. The van der Waals surface area contributed by atoms with Crippen molar-refractivity contribution in [1.29, 1.82) is 0 Å². The summed E-state index contributed by atoms with van der Waals surface area (Å²) in [5.74, 6) is 1.69. The predicted octanol–water partition coefficient (Wildman–Crippen LogP) is 2.63. The zero-order chi connectivity index (χ0) is 17.1. The molecule has 7 heteroatoms. The van der Waals surface area contributed by atoms with Gasteiger partial charge in [0.1, 0.15) is 5.82 Å². The summed E-state index contributed by atoms with van der Waals surface area (Å²) < 4.78 is 10.5. The van der Waals surface area contributed by atoms with Crippen LogP contribution in [0.3, 0.4) is 0 Å². The number of aromatic amines is 1. The molecule has 2 heterocycles. The summed E-state index contributed by atoms with van der Waals surface area (Å²) in [6, 6.07) is 7.50. The number of nitrogens with zero attached hydrogens (tertiary/aromatic N) is 2. The molecule has 0 radical (unpaired) electrons. The van der Waals surface area contributed by atoms with Crippen molar-refractivity contribution in [2.24, 2.45) is 0 Å². The predicted molar refractivity (Wildman–Crippen MR) is 95.0 cm³/mol. The van der Waals surface area contributed by atoms with E-state index < -0.39 is 0 Å². The normalized spacial score (nSPS) is 11.2. The number of nitrogens with one attached hydrogen (secondary N) is 1. The molecule has 126 valence electrons. The van der Waals surface area contributed by atoms with Crippen molar-refractivity contribution < 1.29 is 9.47 Å². The van der Waals surface area contributed by atoms with Gasteiger partial charge in [-0.25, -0.2) is 4.98 Å². The van der Waals surface area contributed by atoms with Crippen LogP contribution >= 0.6 is 11.3 Å². The van der Waals surface area contributed by atoms with Crippen molar-refractivity contribution in [2.45, 2.75) is 13.1 Å². The van der Waals surface area contributed by atoms with Crippen molar-refractivity contribution in [3.05, 3.63) is 50.7 Å². The van der Waals surface area contributed by atoms with Crippen LogP contribution < -0.4 is 15.0 Å². The maximum Gasteiger partial charge on any atom is 0.258 e. The van der Waals surface area contributed by atoms with E-state index in [2.05, 4.69) is 26.3 Å². The maximum atomic E-state index is 12.4. The van der Waals surface area contributed by atoms with Gasteiger partial charge in [0.05, 0.1) is 31.7 Å². The Balaban J connectivity index is 1.90. The number of ether oxygens (including phenoxy) is 2. The molecule has 2 aromatic heterocycles. The first-order valence-corrected chi connectivity index (χ1v) is 8.34. The number of methoxy groups -OCH3 is 2. The third kappa shape index (κ3) is 3.42. The lowest BCUT2D eigenvalue weighted by Gasteiger charge is -2.15. The fraction of sp³-hybridized carbons (Fsp3) is 0.294. The van der Waals surface area contributed by atoms with Gasteiger partial charge in [-0.2, -0.15) is 0 Å². The highest BCUT2D eigenvalue weighted by atomic mass is 32.1. The minimum atomic E-state index is -0.180. The SMILES string of the molecule is COc1cc2nc(CN(C)Cc3cccs3)[nH]c(=O)c2cc1OC. The summed E-state index contributed by atoms with van der Waals surface area (Å²) in [6.07, 6.45) is 0. The van der Waals surface area contributed by atoms with Crippen LogP contribution in [0.25, 0.3) is 10.9 Å². The number of aromatic nitrogens is 2. The summed E-state index contributed by atoms with van der Waals surface area (Å²) in [7, 11) is 5.10. The molecule has 1 N–H and O–H groups in total. The molecule has 0 amide bonds. The van der Waals surface area contributed by atoms with E-state index in [0.29, 0.717) is 34.8 Å². The second-order valence-electron chi connectivity index (χ2n) is 5.49. The molecule has 0 fully saturated rings. The topological polar surface area (TPSA) is 67.5 Å². The number of hydrogen-bond acceptors (Lipinski definition) is 6. The molecule has 0 aliphatic rings. The molecule has 0 saturated heterocycles. The van der Waals surface area contributed by atoms with Crippen molar-refractivity contribution in [3.63, 3.8) is 0 Å². The Hall–Kier alpha value is -2.38. The van der Waals surface area contributed by atoms with Crippen LogP contribution in [0.5, 0.6) is 11.5 Å². The zero-order valence-electron chi connectivity index (χ0n) is 13.8. The van der Waals surface area contributed by atoms with E-state index in [1.807, 2.05) is 13.1 Å². The lowest BCUT2D eigenvalue weighted by molar-refractivity contribution is 0.313. The zero-order valence-corrected chi connectivity index (χ0v) is 14.6. The highest BCUT2D eigenvalue weighted by molar-refractivity contribution is 7.09. The average molecular weight is 345 g/mol. The molecule has 1 aromatic carbocycles.